The Morgan fingerprint density at radius 2 is 1.74 bits per heavy atom. The summed E-state index contributed by atoms with van der Waals surface area (Å²) < 4.78 is 0. The molecule has 0 aliphatic heterocycles. The second-order valence-electron chi connectivity index (χ2n) is 6.36. The zero-order valence-electron chi connectivity index (χ0n) is 11.6. The summed E-state index contributed by atoms with van der Waals surface area (Å²) in [6.45, 7) is 6.11. The standard InChI is InChI=1S/C15H20O4/c1-14(2)7-4-8-15(3)10(14)6-5-9(12(16)17)11(15)13(18)19/h6H,4-5,7-8H2,1-3H3,(H,16,17)(H,18,19). The molecule has 2 rings (SSSR count). The molecule has 0 heterocycles. The molecule has 0 aromatic rings. The first-order chi connectivity index (χ1) is 8.70. The molecule has 2 N–H and O–H groups in total. The molecule has 2 aliphatic rings. The van der Waals surface area contributed by atoms with Crippen LogP contribution < -0.4 is 0 Å². The minimum Gasteiger partial charge on any atom is -0.478 e. The number of fused-ring (bicyclic) bond motifs is 1. The number of rotatable bonds is 2. The van der Waals surface area contributed by atoms with Crippen LogP contribution in [0.15, 0.2) is 22.8 Å². The molecule has 1 saturated carbocycles. The minimum atomic E-state index is -1.11. The van der Waals surface area contributed by atoms with Crippen molar-refractivity contribution in [2.45, 2.75) is 46.5 Å². The fourth-order valence-electron chi connectivity index (χ4n) is 3.86. The van der Waals surface area contributed by atoms with Crippen molar-refractivity contribution in [1.29, 1.82) is 0 Å². The molecule has 0 aromatic heterocycles. The summed E-state index contributed by atoms with van der Waals surface area (Å²) in [5.74, 6) is -2.21. The van der Waals surface area contributed by atoms with Crippen molar-refractivity contribution in [1.82, 2.24) is 0 Å². The normalized spacial score (nSPS) is 29.5. The number of carbonyl (C=O) groups is 2. The van der Waals surface area contributed by atoms with Gasteiger partial charge in [0.15, 0.2) is 0 Å². The van der Waals surface area contributed by atoms with E-state index in [-0.39, 0.29) is 23.0 Å². The van der Waals surface area contributed by atoms with Crippen molar-refractivity contribution in [2.24, 2.45) is 10.8 Å². The highest BCUT2D eigenvalue weighted by Gasteiger charge is 2.49. The van der Waals surface area contributed by atoms with E-state index in [0.717, 1.165) is 18.4 Å². The molecule has 0 spiro atoms. The van der Waals surface area contributed by atoms with Crippen molar-refractivity contribution in [3.05, 3.63) is 22.8 Å². The predicted octanol–water partition coefficient (Wildman–Crippen LogP) is 3.00. The van der Waals surface area contributed by atoms with E-state index in [1.165, 1.54) is 0 Å². The third kappa shape index (κ3) is 1.99. The van der Waals surface area contributed by atoms with E-state index in [2.05, 4.69) is 13.8 Å². The van der Waals surface area contributed by atoms with Crippen LogP contribution in [0.1, 0.15) is 46.5 Å². The number of aliphatic carboxylic acids is 2. The van der Waals surface area contributed by atoms with Gasteiger partial charge in [-0.05, 0) is 24.7 Å². The van der Waals surface area contributed by atoms with Crippen LogP contribution in [0.4, 0.5) is 0 Å². The summed E-state index contributed by atoms with van der Waals surface area (Å²) >= 11 is 0. The second kappa shape index (κ2) is 4.22. The predicted molar refractivity (Wildman–Crippen MR) is 70.7 cm³/mol. The monoisotopic (exact) mass is 264 g/mol. The van der Waals surface area contributed by atoms with Gasteiger partial charge < -0.3 is 10.2 Å². The van der Waals surface area contributed by atoms with Crippen LogP contribution in [0, 0.1) is 10.8 Å². The van der Waals surface area contributed by atoms with Gasteiger partial charge in [0.05, 0.1) is 11.1 Å². The molecule has 1 unspecified atom stereocenters. The minimum absolute atomic E-state index is 0.0384. The summed E-state index contributed by atoms with van der Waals surface area (Å²) in [6, 6.07) is 0. The molecule has 0 aromatic carbocycles. The summed E-state index contributed by atoms with van der Waals surface area (Å²) in [7, 11) is 0. The molecule has 104 valence electrons. The lowest BCUT2D eigenvalue weighted by Crippen LogP contribution is -2.41. The van der Waals surface area contributed by atoms with E-state index in [1.807, 2.05) is 13.0 Å². The van der Waals surface area contributed by atoms with Crippen LogP contribution in [-0.2, 0) is 9.59 Å². The molecule has 0 radical (unpaired) electrons. The van der Waals surface area contributed by atoms with Crippen LogP contribution in [-0.4, -0.2) is 22.2 Å². The Bertz CT molecular complexity index is 510. The fourth-order valence-corrected chi connectivity index (χ4v) is 3.86. The van der Waals surface area contributed by atoms with Crippen molar-refractivity contribution in [3.63, 3.8) is 0 Å². The summed E-state index contributed by atoms with van der Waals surface area (Å²) in [6.07, 6.45) is 4.80. The van der Waals surface area contributed by atoms with E-state index in [1.54, 1.807) is 0 Å². The molecule has 0 saturated heterocycles. The van der Waals surface area contributed by atoms with Gasteiger partial charge in [-0.2, -0.15) is 0 Å². The number of allylic oxidation sites excluding steroid dienone is 2. The summed E-state index contributed by atoms with van der Waals surface area (Å²) in [5.41, 5.74) is 0.521. The quantitative estimate of drug-likeness (QED) is 0.752. The van der Waals surface area contributed by atoms with E-state index >= 15 is 0 Å². The van der Waals surface area contributed by atoms with Gasteiger partial charge >= 0.3 is 11.9 Å². The van der Waals surface area contributed by atoms with Gasteiger partial charge in [0.2, 0.25) is 0 Å². The molecule has 2 aliphatic carbocycles. The van der Waals surface area contributed by atoms with E-state index in [0.29, 0.717) is 6.42 Å². The molecule has 1 atom stereocenters. The summed E-state index contributed by atoms with van der Waals surface area (Å²) in [4.78, 5) is 22.9. The van der Waals surface area contributed by atoms with Crippen molar-refractivity contribution >= 4 is 11.9 Å². The van der Waals surface area contributed by atoms with Crippen LogP contribution >= 0.6 is 0 Å². The SMILES string of the molecule is CC1(C)CCCC2(C)C1=CCC(C(=O)O)=C2C(=O)O. The molecule has 0 amide bonds. The van der Waals surface area contributed by atoms with Gasteiger partial charge in [0.1, 0.15) is 0 Å². The third-order valence-electron chi connectivity index (χ3n) is 4.64. The first kappa shape index (κ1) is 13.8. The Kier molecular flexibility index (Phi) is 3.07. The number of carboxylic acid groups (broad SMARTS) is 2. The van der Waals surface area contributed by atoms with Crippen LogP contribution in [0.5, 0.6) is 0 Å². The van der Waals surface area contributed by atoms with Crippen LogP contribution in [0.3, 0.4) is 0 Å². The lowest BCUT2D eigenvalue weighted by Gasteiger charge is -2.48. The molecular weight excluding hydrogens is 244 g/mol. The maximum atomic E-state index is 11.6. The molecule has 4 nitrogen and oxygen atoms in total. The van der Waals surface area contributed by atoms with Gasteiger partial charge in [0, 0.05) is 5.41 Å². The highest BCUT2D eigenvalue weighted by Crippen LogP contribution is 2.57. The maximum Gasteiger partial charge on any atom is 0.333 e. The topological polar surface area (TPSA) is 74.6 Å². The molecule has 19 heavy (non-hydrogen) atoms. The molecule has 1 fully saturated rings. The third-order valence-corrected chi connectivity index (χ3v) is 4.64. The van der Waals surface area contributed by atoms with Crippen molar-refractivity contribution in [2.75, 3.05) is 0 Å². The number of hydrogen-bond donors (Lipinski definition) is 2. The average molecular weight is 264 g/mol. The van der Waals surface area contributed by atoms with E-state index in [9.17, 15) is 19.8 Å². The highest BCUT2D eigenvalue weighted by atomic mass is 16.4. The largest absolute Gasteiger partial charge is 0.478 e. The van der Waals surface area contributed by atoms with Crippen LogP contribution in [0.2, 0.25) is 0 Å². The van der Waals surface area contributed by atoms with Gasteiger partial charge in [0.25, 0.3) is 0 Å². The Morgan fingerprint density at radius 3 is 2.26 bits per heavy atom. The Morgan fingerprint density at radius 1 is 1.11 bits per heavy atom. The maximum absolute atomic E-state index is 11.6. The van der Waals surface area contributed by atoms with Crippen molar-refractivity contribution in [3.8, 4) is 0 Å². The van der Waals surface area contributed by atoms with Crippen LogP contribution in [0.25, 0.3) is 0 Å². The van der Waals surface area contributed by atoms with E-state index < -0.39 is 17.4 Å². The molecular formula is C15H20O4. The Hall–Kier alpha value is -1.58. The zero-order valence-corrected chi connectivity index (χ0v) is 11.6. The average Bonchev–Trinajstić information content (AvgIpc) is 2.25. The molecule has 0 bridgehead atoms. The van der Waals surface area contributed by atoms with Gasteiger partial charge in [-0.15, -0.1) is 0 Å². The number of carboxylic acids is 2. The smallest absolute Gasteiger partial charge is 0.333 e. The second-order valence-corrected chi connectivity index (χ2v) is 6.36. The Balaban J connectivity index is 2.62. The number of hydrogen-bond acceptors (Lipinski definition) is 2. The van der Waals surface area contributed by atoms with Gasteiger partial charge in [-0.25, -0.2) is 9.59 Å². The summed E-state index contributed by atoms with van der Waals surface area (Å²) in [5, 5.41) is 18.7. The first-order valence-electron chi connectivity index (χ1n) is 6.61. The van der Waals surface area contributed by atoms with Crippen molar-refractivity contribution < 1.29 is 19.8 Å². The van der Waals surface area contributed by atoms with E-state index in [4.69, 9.17) is 0 Å². The highest BCUT2D eigenvalue weighted by molar-refractivity contribution is 6.01. The fraction of sp³-hybridized carbons (Fsp3) is 0.600. The lowest BCUT2D eigenvalue weighted by molar-refractivity contribution is -0.137. The Labute approximate surface area is 112 Å². The molecule has 4 heteroatoms. The van der Waals surface area contributed by atoms with Gasteiger partial charge in [-0.1, -0.05) is 38.8 Å². The lowest BCUT2D eigenvalue weighted by atomic mass is 9.55. The first-order valence-corrected chi connectivity index (χ1v) is 6.61. The van der Waals surface area contributed by atoms with Gasteiger partial charge in [-0.3, -0.25) is 0 Å². The zero-order chi connectivity index (χ0) is 14.4.